The Morgan fingerprint density at radius 3 is 2.69 bits per heavy atom. The van der Waals surface area contributed by atoms with Crippen LogP contribution in [0.1, 0.15) is 46.8 Å². The summed E-state index contributed by atoms with van der Waals surface area (Å²) in [7, 11) is 0. The van der Waals surface area contributed by atoms with Crippen LogP contribution in [0.3, 0.4) is 0 Å². The van der Waals surface area contributed by atoms with E-state index in [2.05, 4.69) is 74.1 Å². The number of aromatic amines is 1. The third-order valence-electron chi connectivity index (χ3n) is 6.62. The van der Waals surface area contributed by atoms with E-state index in [0.717, 1.165) is 40.7 Å². The number of rotatable bonds is 10. The van der Waals surface area contributed by atoms with Gasteiger partial charge in [0.2, 0.25) is 0 Å². The molecule has 36 heavy (non-hydrogen) atoms. The van der Waals surface area contributed by atoms with Crippen molar-refractivity contribution in [2.75, 3.05) is 0 Å². The Morgan fingerprint density at radius 1 is 1.06 bits per heavy atom. The number of nitrogens with one attached hydrogen (secondary N) is 1. The van der Waals surface area contributed by atoms with Crippen molar-refractivity contribution in [3.8, 4) is 0 Å². The topological polar surface area (TPSA) is 79.7 Å². The van der Waals surface area contributed by atoms with Crippen molar-refractivity contribution in [3.05, 3.63) is 110 Å². The number of thiophene rings is 1. The first-order valence-electron chi connectivity index (χ1n) is 12.3. The van der Waals surface area contributed by atoms with Crippen molar-refractivity contribution in [3.63, 3.8) is 0 Å². The molecule has 5 rings (SSSR count). The molecule has 0 amide bonds. The maximum atomic E-state index is 13.1. The molecule has 0 aliphatic heterocycles. The zero-order valence-electron chi connectivity index (χ0n) is 20.6. The SMILES string of the molecule is CC[C@H](c1nnnn1CCc1ccccc1)N(Cc1cccs1)Cc1cc2cccc(C)c2[nH]c1=O. The second-order valence-corrected chi connectivity index (χ2v) is 10.1. The molecule has 3 heterocycles. The van der Waals surface area contributed by atoms with Crippen molar-refractivity contribution in [1.82, 2.24) is 30.1 Å². The quantitative estimate of drug-likeness (QED) is 0.283. The van der Waals surface area contributed by atoms with Crippen LogP contribution in [0.2, 0.25) is 0 Å². The maximum Gasteiger partial charge on any atom is 0.252 e. The first-order chi connectivity index (χ1) is 17.6. The van der Waals surface area contributed by atoms with Gasteiger partial charge in [-0.1, -0.05) is 61.5 Å². The van der Waals surface area contributed by atoms with E-state index in [1.54, 1.807) is 11.3 Å². The minimum absolute atomic E-state index is 0.0366. The summed E-state index contributed by atoms with van der Waals surface area (Å²) in [5.74, 6) is 0.832. The number of tetrazole rings is 1. The highest BCUT2D eigenvalue weighted by molar-refractivity contribution is 7.09. The Kier molecular flexibility index (Phi) is 7.34. The zero-order valence-corrected chi connectivity index (χ0v) is 21.4. The molecule has 7 nitrogen and oxygen atoms in total. The van der Waals surface area contributed by atoms with Crippen LogP contribution >= 0.6 is 11.3 Å². The Bertz CT molecular complexity index is 1480. The largest absolute Gasteiger partial charge is 0.321 e. The summed E-state index contributed by atoms with van der Waals surface area (Å²) in [6, 6.07) is 22.7. The predicted molar refractivity (Wildman–Crippen MR) is 144 cm³/mol. The number of pyridine rings is 1. The summed E-state index contributed by atoms with van der Waals surface area (Å²) in [6.45, 7) is 6.08. The highest BCUT2D eigenvalue weighted by Crippen LogP contribution is 2.28. The molecule has 0 fully saturated rings. The van der Waals surface area contributed by atoms with Gasteiger partial charge in [-0.05, 0) is 64.2 Å². The molecule has 5 aromatic rings. The number of benzene rings is 2. The van der Waals surface area contributed by atoms with Gasteiger partial charge in [0.15, 0.2) is 5.82 Å². The number of hydrogen-bond donors (Lipinski definition) is 1. The number of fused-ring (bicyclic) bond motifs is 1. The average molecular weight is 499 g/mol. The summed E-state index contributed by atoms with van der Waals surface area (Å²) in [6.07, 6.45) is 1.67. The summed E-state index contributed by atoms with van der Waals surface area (Å²) in [5, 5.41) is 15.9. The van der Waals surface area contributed by atoms with Gasteiger partial charge in [-0.3, -0.25) is 9.69 Å². The van der Waals surface area contributed by atoms with Crippen LogP contribution in [-0.2, 0) is 26.1 Å². The third kappa shape index (κ3) is 5.29. The van der Waals surface area contributed by atoms with E-state index >= 15 is 0 Å². The first-order valence-corrected chi connectivity index (χ1v) is 13.2. The number of H-pyrrole nitrogens is 1. The van der Waals surface area contributed by atoms with E-state index in [0.29, 0.717) is 19.6 Å². The molecule has 1 atom stereocenters. The molecule has 0 spiro atoms. The van der Waals surface area contributed by atoms with Crippen LogP contribution in [0.4, 0.5) is 0 Å². The molecule has 8 heteroatoms. The second kappa shape index (κ2) is 11.0. The number of nitrogens with zero attached hydrogens (tertiary/aromatic N) is 5. The van der Waals surface area contributed by atoms with E-state index < -0.39 is 0 Å². The van der Waals surface area contributed by atoms with E-state index in [4.69, 9.17) is 0 Å². The van der Waals surface area contributed by atoms with Crippen LogP contribution in [0.25, 0.3) is 10.9 Å². The molecule has 0 aliphatic carbocycles. The van der Waals surface area contributed by atoms with Crippen molar-refractivity contribution in [2.45, 2.75) is 52.4 Å². The molecule has 0 bridgehead atoms. The highest BCUT2D eigenvalue weighted by atomic mass is 32.1. The Morgan fingerprint density at radius 2 is 1.92 bits per heavy atom. The fourth-order valence-corrected chi connectivity index (χ4v) is 5.47. The van der Waals surface area contributed by atoms with Crippen molar-refractivity contribution >= 4 is 22.2 Å². The van der Waals surface area contributed by atoms with Gasteiger partial charge in [0.05, 0.1) is 11.6 Å². The minimum Gasteiger partial charge on any atom is -0.321 e. The van der Waals surface area contributed by atoms with Crippen molar-refractivity contribution < 1.29 is 0 Å². The number of aryl methyl sites for hydroxylation is 3. The van der Waals surface area contributed by atoms with Crippen molar-refractivity contribution in [2.24, 2.45) is 0 Å². The smallest absolute Gasteiger partial charge is 0.252 e. The summed E-state index contributed by atoms with van der Waals surface area (Å²) in [4.78, 5) is 19.8. The minimum atomic E-state index is -0.0495. The summed E-state index contributed by atoms with van der Waals surface area (Å²) < 4.78 is 1.91. The molecular weight excluding hydrogens is 468 g/mol. The summed E-state index contributed by atoms with van der Waals surface area (Å²) >= 11 is 1.72. The van der Waals surface area contributed by atoms with E-state index in [1.807, 2.05) is 41.9 Å². The van der Waals surface area contributed by atoms with Gasteiger partial charge in [-0.25, -0.2) is 4.68 Å². The molecule has 2 aromatic carbocycles. The van der Waals surface area contributed by atoms with Crippen LogP contribution in [0.15, 0.2) is 76.9 Å². The normalized spacial score (nSPS) is 12.4. The molecule has 0 saturated carbocycles. The van der Waals surface area contributed by atoms with Crippen LogP contribution in [0, 0.1) is 6.92 Å². The lowest BCUT2D eigenvalue weighted by atomic mass is 10.1. The molecular formula is C28H30N6OS. The fourth-order valence-electron chi connectivity index (χ4n) is 4.74. The lowest BCUT2D eigenvalue weighted by Gasteiger charge is -2.30. The van der Waals surface area contributed by atoms with Crippen molar-refractivity contribution in [1.29, 1.82) is 0 Å². The molecule has 0 aliphatic rings. The fraction of sp³-hybridized carbons (Fsp3) is 0.286. The van der Waals surface area contributed by atoms with Crippen LogP contribution in [-0.4, -0.2) is 30.1 Å². The lowest BCUT2D eigenvalue weighted by molar-refractivity contribution is 0.162. The Labute approximate surface area is 214 Å². The molecule has 0 unspecified atom stereocenters. The molecule has 0 saturated heterocycles. The van der Waals surface area contributed by atoms with Gasteiger partial charge < -0.3 is 4.98 Å². The lowest BCUT2D eigenvalue weighted by Crippen LogP contribution is -2.32. The van der Waals surface area contributed by atoms with Gasteiger partial charge in [0, 0.05) is 30.1 Å². The van der Waals surface area contributed by atoms with Gasteiger partial charge >= 0.3 is 0 Å². The summed E-state index contributed by atoms with van der Waals surface area (Å²) in [5.41, 5.74) is 3.90. The molecule has 184 valence electrons. The van der Waals surface area contributed by atoms with Crippen LogP contribution in [0.5, 0.6) is 0 Å². The van der Waals surface area contributed by atoms with E-state index in [9.17, 15) is 4.79 Å². The average Bonchev–Trinajstić information content (AvgIpc) is 3.57. The third-order valence-corrected chi connectivity index (χ3v) is 7.48. The zero-order chi connectivity index (χ0) is 24.9. The van der Waals surface area contributed by atoms with Gasteiger partial charge in [0.25, 0.3) is 5.56 Å². The predicted octanol–water partition coefficient (Wildman–Crippen LogP) is 5.28. The van der Waals surface area contributed by atoms with Gasteiger partial charge in [-0.2, -0.15) is 0 Å². The standard InChI is InChI=1S/C28H30N6OS/c1-3-25(27-30-31-32-34(27)15-14-21-10-5-4-6-11-21)33(19-24-13-8-16-36-24)18-23-17-22-12-7-9-20(2)26(22)29-28(23)35/h4-13,16-17,25H,3,14-15,18-19H2,1-2H3,(H,29,35)/t25-/m1/s1. The van der Waals surface area contributed by atoms with E-state index in [-0.39, 0.29) is 11.6 Å². The number of hydrogen-bond acceptors (Lipinski definition) is 6. The number of aromatic nitrogens is 5. The molecule has 1 N–H and O–H groups in total. The second-order valence-electron chi connectivity index (χ2n) is 9.07. The Hall–Kier alpha value is -3.62. The van der Waals surface area contributed by atoms with Crippen LogP contribution < -0.4 is 5.56 Å². The van der Waals surface area contributed by atoms with E-state index in [1.165, 1.54) is 10.4 Å². The van der Waals surface area contributed by atoms with Gasteiger partial charge in [0.1, 0.15) is 0 Å². The molecule has 3 aromatic heterocycles. The Balaban J connectivity index is 1.46. The number of para-hydroxylation sites is 1. The van der Waals surface area contributed by atoms with Gasteiger partial charge in [-0.15, -0.1) is 16.4 Å². The maximum absolute atomic E-state index is 13.1. The monoisotopic (exact) mass is 498 g/mol. The molecule has 0 radical (unpaired) electrons. The highest BCUT2D eigenvalue weighted by Gasteiger charge is 2.26. The first kappa shape index (κ1) is 24.1.